The van der Waals surface area contributed by atoms with Crippen LogP contribution in [0.4, 0.5) is 0 Å². The molecule has 1 atom stereocenters. The molecule has 0 amide bonds. The van der Waals surface area contributed by atoms with Crippen molar-refractivity contribution in [2.75, 3.05) is 13.7 Å². The van der Waals surface area contributed by atoms with Gasteiger partial charge in [-0.1, -0.05) is 0 Å². The summed E-state index contributed by atoms with van der Waals surface area (Å²) in [5.41, 5.74) is 6.13. The van der Waals surface area contributed by atoms with Crippen LogP contribution >= 0.6 is 0 Å². The maximum atomic E-state index is 11.0. The number of nitrogens with two attached hydrogens (primary N) is 1. The van der Waals surface area contributed by atoms with Crippen LogP contribution in [0.1, 0.15) is 5.69 Å². The zero-order chi connectivity index (χ0) is 11.3. The standard InChI is InChI=1S/C9H13N3O3/c1-6-8(12-4-3-11-6)15-5-7(10)9(13)14-2/h3-4,7H,5,10H2,1-2H3. The van der Waals surface area contributed by atoms with Crippen molar-refractivity contribution in [2.45, 2.75) is 13.0 Å². The number of aryl methyl sites for hydroxylation is 1. The van der Waals surface area contributed by atoms with Gasteiger partial charge in [0.25, 0.3) is 0 Å². The summed E-state index contributed by atoms with van der Waals surface area (Å²) >= 11 is 0. The lowest BCUT2D eigenvalue weighted by atomic mass is 10.3. The van der Waals surface area contributed by atoms with Gasteiger partial charge in [-0.25, -0.2) is 4.98 Å². The van der Waals surface area contributed by atoms with Gasteiger partial charge >= 0.3 is 5.97 Å². The number of carbonyl (C=O) groups is 1. The Hall–Kier alpha value is -1.69. The van der Waals surface area contributed by atoms with E-state index in [-0.39, 0.29) is 6.61 Å². The Labute approximate surface area is 87.4 Å². The first-order valence-electron chi connectivity index (χ1n) is 4.39. The highest BCUT2D eigenvalue weighted by atomic mass is 16.5. The quantitative estimate of drug-likeness (QED) is 0.686. The highest BCUT2D eigenvalue weighted by Crippen LogP contribution is 2.09. The minimum atomic E-state index is -0.809. The van der Waals surface area contributed by atoms with E-state index in [1.54, 1.807) is 13.1 Å². The van der Waals surface area contributed by atoms with Gasteiger partial charge < -0.3 is 15.2 Å². The maximum absolute atomic E-state index is 11.0. The molecule has 2 N–H and O–H groups in total. The summed E-state index contributed by atoms with van der Waals surface area (Å²) < 4.78 is 9.67. The molecule has 6 heteroatoms. The third-order valence-electron chi connectivity index (χ3n) is 1.74. The minimum Gasteiger partial charge on any atom is -0.474 e. The molecule has 0 aliphatic carbocycles. The van der Waals surface area contributed by atoms with Crippen LogP contribution in [0, 0.1) is 6.92 Å². The van der Waals surface area contributed by atoms with Gasteiger partial charge in [-0.05, 0) is 6.92 Å². The van der Waals surface area contributed by atoms with Crippen molar-refractivity contribution in [1.82, 2.24) is 9.97 Å². The number of carbonyl (C=O) groups excluding carboxylic acids is 1. The van der Waals surface area contributed by atoms with E-state index >= 15 is 0 Å². The molecular weight excluding hydrogens is 198 g/mol. The molecular formula is C9H13N3O3. The van der Waals surface area contributed by atoms with Crippen LogP contribution in [0.15, 0.2) is 12.4 Å². The Balaban J connectivity index is 2.50. The van der Waals surface area contributed by atoms with Gasteiger partial charge in [0.1, 0.15) is 12.6 Å². The van der Waals surface area contributed by atoms with E-state index in [9.17, 15) is 4.79 Å². The Morgan fingerprint density at radius 3 is 2.80 bits per heavy atom. The number of hydrogen-bond acceptors (Lipinski definition) is 6. The van der Waals surface area contributed by atoms with Crippen LogP contribution in [0.3, 0.4) is 0 Å². The molecule has 0 aromatic carbocycles. The van der Waals surface area contributed by atoms with E-state index < -0.39 is 12.0 Å². The lowest BCUT2D eigenvalue weighted by Crippen LogP contribution is -2.37. The molecule has 0 saturated carbocycles. The average Bonchev–Trinajstić information content (AvgIpc) is 2.26. The number of ether oxygens (including phenoxy) is 2. The second-order valence-corrected chi connectivity index (χ2v) is 2.89. The third-order valence-corrected chi connectivity index (χ3v) is 1.74. The lowest BCUT2D eigenvalue weighted by molar-refractivity contribution is -0.142. The Morgan fingerprint density at radius 1 is 1.53 bits per heavy atom. The van der Waals surface area contributed by atoms with Crippen molar-refractivity contribution < 1.29 is 14.3 Å². The fourth-order valence-electron chi connectivity index (χ4n) is 0.925. The molecule has 1 aromatic rings. The second kappa shape index (κ2) is 5.26. The van der Waals surface area contributed by atoms with E-state index in [1.165, 1.54) is 13.3 Å². The van der Waals surface area contributed by atoms with Crippen molar-refractivity contribution >= 4 is 5.97 Å². The number of rotatable bonds is 4. The van der Waals surface area contributed by atoms with E-state index in [2.05, 4.69) is 14.7 Å². The Morgan fingerprint density at radius 2 is 2.20 bits per heavy atom. The molecule has 15 heavy (non-hydrogen) atoms. The summed E-state index contributed by atoms with van der Waals surface area (Å²) in [5, 5.41) is 0. The molecule has 1 rings (SSSR count). The van der Waals surface area contributed by atoms with Crippen LogP contribution in [0.25, 0.3) is 0 Å². The molecule has 0 radical (unpaired) electrons. The summed E-state index contributed by atoms with van der Waals surface area (Å²) in [4.78, 5) is 18.9. The van der Waals surface area contributed by atoms with Gasteiger partial charge in [0.15, 0.2) is 0 Å². The summed E-state index contributed by atoms with van der Waals surface area (Å²) in [6.07, 6.45) is 3.06. The third kappa shape index (κ3) is 3.17. The second-order valence-electron chi connectivity index (χ2n) is 2.89. The van der Waals surface area contributed by atoms with Crippen molar-refractivity contribution in [1.29, 1.82) is 0 Å². The normalized spacial score (nSPS) is 11.9. The SMILES string of the molecule is COC(=O)C(N)COc1nccnc1C. The van der Waals surface area contributed by atoms with E-state index in [0.717, 1.165) is 0 Å². The van der Waals surface area contributed by atoms with Crippen LogP contribution in [0.5, 0.6) is 5.88 Å². The first-order valence-corrected chi connectivity index (χ1v) is 4.39. The van der Waals surface area contributed by atoms with Crippen molar-refractivity contribution in [3.63, 3.8) is 0 Å². The predicted octanol–water partition coefficient (Wildman–Crippen LogP) is -0.336. The maximum Gasteiger partial charge on any atom is 0.326 e. The van der Waals surface area contributed by atoms with Gasteiger partial charge in [0, 0.05) is 12.4 Å². The Kier molecular flexibility index (Phi) is 3.99. The first-order chi connectivity index (χ1) is 7.15. The zero-order valence-electron chi connectivity index (χ0n) is 8.64. The molecule has 82 valence electrons. The minimum absolute atomic E-state index is 0.0200. The molecule has 6 nitrogen and oxygen atoms in total. The molecule has 0 bridgehead atoms. The monoisotopic (exact) mass is 211 g/mol. The fourth-order valence-corrected chi connectivity index (χ4v) is 0.925. The molecule has 0 aliphatic rings. The van der Waals surface area contributed by atoms with Gasteiger partial charge in [-0.2, -0.15) is 0 Å². The molecule has 0 fully saturated rings. The van der Waals surface area contributed by atoms with Crippen molar-refractivity contribution in [3.8, 4) is 5.88 Å². The number of hydrogen-bond donors (Lipinski definition) is 1. The van der Waals surface area contributed by atoms with Crippen LogP contribution < -0.4 is 10.5 Å². The van der Waals surface area contributed by atoms with Crippen molar-refractivity contribution in [3.05, 3.63) is 18.1 Å². The van der Waals surface area contributed by atoms with E-state index in [4.69, 9.17) is 10.5 Å². The van der Waals surface area contributed by atoms with Crippen LogP contribution in [-0.2, 0) is 9.53 Å². The van der Waals surface area contributed by atoms with Gasteiger partial charge in [0.05, 0.1) is 12.8 Å². The summed E-state index contributed by atoms with van der Waals surface area (Å²) in [7, 11) is 1.27. The van der Waals surface area contributed by atoms with Crippen LogP contribution in [0.2, 0.25) is 0 Å². The van der Waals surface area contributed by atoms with E-state index in [1.807, 2.05) is 0 Å². The molecule has 1 unspecified atom stereocenters. The number of aromatic nitrogens is 2. The number of esters is 1. The smallest absolute Gasteiger partial charge is 0.326 e. The summed E-state index contributed by atoms with van der Waals surface area (Å²) in [6.45, 7) is 1.78. The largest absolute Gasteiger partial charge is 0.474 e. The van der Waals surface area contributed by atoms with Gasteiger partial charge in [-0.3, -0.25) is 9.78 Å². The first kappa shape index (κ1) is 11.4. The zero-order valence-corrected chi connectivity index (χ0v) is 8.64. The Bertz CT molecular complexity index is 343. The molecule has 0 aliphatic heterocycles. The van der Waals surface area contributed by atoms with Gasteiger partial charge in [-0.15, -0.1) is 0 Å². The summed E-state index contributed by atoms with van der Waals surface area (Å²) in [5.74, 6) is -0.145. The fraction of sp³-hybridized carbons (Fsp3) is 0.444. The average molecular weight is 211 g/mol. The molecule has 1 heterocycles. The van der Waals surface area contributed by atoms with E-state index in [0.29, 0.717) is 11.6 Å². The highest BCUT2D eigenvalue weighted by Gasteiger charge is 2.15. The molecule has 0 spiro atoms. The molecule has 1 aromatic heterocycles. The lowest BCUT2D eigenvalue weighted by Gasteiger charge is -2.10. The number of nitrogens with zero attached hydrogens (tertiary/aromatic N) is 2. The summed E-state index contributed by atoms with van der Waals surface area (Å²) in [6, 6.07) is -0.809. The predicted molar refractivity (Wildman–Crippen MR) is 52.3 cm³/mol. The van der Waals surface area contributed by atoms with Gasteiger partial charge in [0.2, 0.25) is 5.88 Å². The molecule has 0 saturated heterocycles. The highest BCUT2D eigenvalue weighted by molar-refractivity contribution is 5.75. The van der Waals surface area contributed by atoms with Crippen molar-refractivity contribution in [2.24, 2.45) is 5.73 Å². The number of methoxy groups -OCH3 is 1. The van der Waals surface area contributed by atoms with Crippen LogP contribution in [-0.4, -0.2) is 35.7 Å². The topological polar surface area (TPSA) is 87.3 Å².